The fourth-order valence-electron chi connectivity index (χ4n) is 3.49. The zero-order valence-corrected chi connectivity index (χ0v) is 16.5. The van der Waals surface area contributed by atoms with E-state index in [-0.39, 0.29) is 5.56 Å². The first-order valence-electron chi connectivity index (χ1n) is 9.01. The van der Waals surface area contributed by atoms with Crippen molar-refractivity contribution in [2.45, 2.75) is 33.4 Å². The Kier molecular flexibility index (Phi) is 4.61. The zero-order valence-electron chi connectivity index (χ0n) is 15.7. The van der Waals surface area contributed by atoms with Crippen molar-refractivity contribution < 1.29 is 0 Å². The first-order valence-corrected chi connectivity index (χ1v) is 9.39. The Morgan fingerprint density at radius 2 is 1.93 bits per heavy atom. The highest BCUT2D eigenvalue weighted by atomic mass is 35.5. The van der Waals surface area contributed by atoms with Crippen molar-refractivity contribution in [3.8, 4) is 11.4 Å². The second-order valence-electron chi connectivity index (χ2n) is 7.07. The van der Waals surface area contributed by atoms with Gasteiger partial charge in [-0.3, -0.25) is 9.69 Å². The molecule has 0 fully saturated rings. The van der Waals surface area contributed by atoms with Gasteiger partial charge in [-0.1, -0.05) is 11.6 Å². The molecule has 1 N–H and O–H groups in total. The number of nitrogens with zero attached hydrogens (tertiary/aromatic N) is 4. The van der Waals surface area contributed by atoms with Crippen LogP contribution >= 0.6 is 11.6 Å². The fraction of sp³-hybridized carbons (Fsp3) is 0.350. The van der Waals surface area contributed by atoms with Crippen molar-refractivity contribution in [1.29, 1.82) is 0 Å². The number of aromatic amines is 1. The molecule has 2 aromatic heterocycles. The van der Waals surface area contributed by atoms with Crippen molar-refractivity contribution in [2.75, 3.05) is 6.54 Å². The minimum atomic E-state index is -0.0677. The van der Waals surface area contributed by atoms with Crippen molar-refractivity contribution in [3.05, 3.63) is 68.1 Å². The summed E-state index contributed by atoms with van der Waals surface area (Å²) in [4.78, 5) is 27.2. The number of hydrogen-bond donors (Lipinski definition) is 1. The minimum Gasteiger partial charge on any atom is -0.334 e. The Labute approximate surface area is 162 Å². The summed E-state index contributed by atoms with van der Waals surface area (Å²) in [6.45, 7) is 6.27. The van der Waals surface area contributed by atoms with Crippen LogP contribution in [0, 0.1) is 13.8 Å². The van der Waals surface area contributed by atoms with Gasteiger partial charge in [0.05, 0.1) is 23.5 Å². The topological polar surface area (TPSA) is 66.8 Å². The predicted molar refractivity (Wildman–Crippen MR) is 106 cm³/mol. The lowest BCUT2D eigenvalue weighted by atomic mass is 10.1. The van der Waals surface area contributed by atoms with Gasteiger partial charge in [-0.25, -0.2) is 9.97 Å². The maximum atomic E-state index is 12.7. The molecule has 0 saturated carbocycles. The third-order valence-corrected chi connectivity index (χ3v) is 5.59. The molecule has 3 aromatic rings. The van der Waals surface area contributed by atoms with Crippen LogP contribution in [0.2, 0.25) is 5.02 Å². The molecule has 0 atom stereocenters. The Hall–Kier alpha value is -2.44. The van der Waals surface area contributed by atoms with E-state index >= 15 is 0 Å². The van der Waals surface area contributed by atoms with Gasteiger partial charge < -0.3 is 9.55 Å². The van der Waals surface area contributed by atoms with Crippen LogP contribution < -0.4 is 5.56 Å². The van der Waals surface area contributed by atoms with E-state index in [2.05, 4.69) is 26.4 Å². The number of nitrogens with one attached hydrogen (secondary N) is 1. The van der Waals surface area contributed by atoms with E-state index in [0.717, 1.165) is 47.8 Å². The second kappa shape index (κ2) is 6.94. The average Bonchev–Trinajstić information content (AvgIpc) is 2.89. The molecule has 3 heterocycles. The third kappa shape index (κ3) is 3.42. The molecule has 7 heteroatoms. The number of imidazole rings is 1. The lowest BCUT2D eigenvalue weighted by Gasteiger charge is -2.27. The normalized spacial score (nSPS) is 14.4. The van der Waals surface area contributed by atoms with Crippen LogP contribution in [0.15, 0.2) is 29.1 Å². The molecular formula is C20H22ClN5O. The quantitative estimate of drug-likeness (QED) is 0.755. The van der Waals surface area contributed by atoms with Crippen LogP contribution in [0.1, 0.15) is 28.5 Å². The molecule has 6 nitrogen and oxygen atoms in total. The van der Waals surface area contributed by atoms with Gasteiger partial charge in [0.15, 0.2) is 0 Å². The number of hydrogen-bond acceptors (Lipinski definition) is 4. The summed E-state index contributed by atoms with van der Waals surface area (Å²) >= 11 is 5.95. The van der Waals surface area contributed by atoms with Gasteiger partial charge in [0.25, 0.3) is 5.56 Å². The molecule has 0 aliphatic carbocycles. The van der Waals surface area contributed by atoms with Gasteiger partial charge in [0.1, 0.15) is 11.6 Å². The zero-order chi connectivity index (χ0) is 19.1. The Balaban J connectivity index is 1.59. The Morgan fingerprint density at radius 1 is 1.19 bits per heavy atom. The summed E-state index contributed by atoms with van der Waals surface area (Å²) in [6, 6.07) is 7.34. The standard InChI is InChI=1S/C20H22ClN5O/c1-12-13(2)25(3)18(22-12)11-26-9-8-17-16(10-26)20(27)24-19(23-17)14-4-6-15(21)7-5-14/h4-7H,8-11H2,1-3H3,(H,23,24,27). The highest BCUT2D eigenvalue weighted by Crippen LogP contribution is 2.21. The van der Waals surface area contributed by atoms with Gasteiger partial charge in [-0.15, -0.1) is 0 Å². The minimum absolute atomic E-state index is 0.0677. The van der Waals surface area contributed by atoms with E-state index in [1.54, 1.807) is 12.1 Å². The van der Waals surface area contributed by atoms with Gasteiger partial charge in [0.2, 0.25) is 0 Å². The first kappa shape index (κ1) is 17.9. The molecule has 1 aliphatic rings. The van der Waals surface area contributed by atoms with Crippen LogP contribution in [0.25, 0.3) is 11.4 Å². The van der Waals surface area contributed by atoms with E-state index in [9.17, 15) is 4.79 Å². The predicted octanol–water partition coefficient (Wildman–Crippen LogP) is 3.00. The summed E-state index contributed by atoms with van der Waals surface area (Å²) in [6.07, 6.45) is 0.752. The largest absolute Gasteiger partial charge is 0.334 e. The maximum Gasteiger partial charge on any atom is 0.255 e. The van der Waals surface area contributed by atoms with Crippen molar-refractivity contribution in [1.82, 2.24) is 24.4 Å². The summed E-state index contributed by atoms with van der Waals surface area (Å²) in [5, 5.41) is 0.662. The van der Waals surface area contributed by atoms with Crippen LogP contribution in [0.4, 0.5) is 0 Å². The van der Waals surface area contributed by atoms with E-state index < -0.39 is 0 Å². The van der Waals surface area contributed by atoms with Gasteiger partial charge >= 0.3 is 0 Å². The lowest BCUT2D eigenvalue weighted by molar-refractivity contribution is 0.233. The number of benzene rings is 1. The van der Waals surface area contributed by atoms with Gasteiger partial charge in [-0.05, 0) is 38.1 Å². The Morgan fingerprint density at radius 3 is 2.59 bits per heavy atom. The van der Waals surface area contributed by atoms with Crippen LogP contribution in [-0.4, -0.2) is 31.0 Å². The third-order valence-electron chi connectivity index (χ3n) is 5.34. The van der Waals surface area contributed by atoms with Crippen molar-refractivity contribution in [3.63, 3.8) is 0 Å². The molecular weight excluding hydrogens is 362 g/mol. The van der Waals surface area contributed by atoms with E-state index in [1.807, 2.05) is 26.1 Å². The first-order chi connectivity index (χ1) is 12.9. The number of aryl methyl sites for hydroxylation is 1. The highest BCUT2D eigenvalue weighted by Gasteiger charge is 2.23. The molecule has 1 aliphatic heterocycles. The van der Waals surface area contributed by atoms with E-state index in [4.69, 9.17) is 16.6 Å². The van der Waals surface area contributed by atoms with E-state index in [1.165, 1.54) is 5.69 Å². The molecule has 0 bridgehead atoms. The van der Waals surface area contributed by atoms with Crippen LogP contribution in [0.3, 0.4) is 0 Å². The molecule has 0 amide bonds. The lowest BCUT2D eigenvalue weighted by Crippen LogP contribution is -2.36. The second-order valence-corrected chi connectivity index (χ2v) is 7.50. The molecule has 27 heavy (non-hydrogen) atoms. The highest BCUT2D eigenvalue weighted by molar-refractivity contribution is 6.30. The average molecular weight is 384 g/mol. The molecule has 0 unspecified atom stereocenters. The summed E-state index contributed by atoms with van der Waals surface area (Å²) in [5.74, 6) is 1.62. The number of rotatable bonds is 3. The smallest absolute Gasteiger partial charge is 0.255 e. The maximum absolute atomic E-state index is 12.7. The number of H-pyrrole nitrogens is 1. The SMILES string of the molecule is Cc1nc(CN2CCc3nc(-c4ccc(Cl)cc4)[nH]c(=O)c3C2)n(C)c1C. The number of fused-ring (bicyclic) bond motifs is 1. The van der Waals surface area contributed by atoms with Crippen LogP contribution in [-0.2, 0) is 26.6 Å². The molecule has 0 saturated heterocycles. The van der Waals surface area contributed by atoms with Crippen LogP contribution in [0.5, 0.6) is 0 Å². The Bertz CT molecular complexity index is 1050. The van der Waals surface area contributed by atoms with Gasteiger partial charge in [-0.2, -0.15) is 0 Å². The molecule has 0 radical (unpaired) electrons. The fourth-order valence-corrected chi connectivity index (χ4v) is 3.61. The summed E-state index contributed by atoms with van der Waals surface area (Å²) < 4.78 is 2.12. The summed E-state index contributed by atoms with van der Waals surface area (Å²) in [7, 11) is 2.04. The molecule has 4 rings (SSSR count). The number of halogens is 1. The molecule has 1 aromatic carbocycles. The van der Waals surface area contributed by atoms with E-state index in [0.29, 0.717) is 17.4 Å². The monoisotopic (exact) mass is 383 g/mol. The van der Waals surface area contributed by atoms with Gasteiger partial charge in [0, 0.05) is 42.8 Å². The number of aromatic nitrogens is 4. The van der Waals surface area contributed by atoms with Crippen molar-refractivity contribution >= 4 is 11.6 Å². The molecule has 140 valence electrons. The molecule has 0 spiro atoms. The summed E-state index contributed by atoms with van der Waals surface area (Å²) in [5.41, 5.74) is 4.66. The van der Waals surface area contributed by atoms with Crippen molar-refractivity contribution in [2.24, 2.45) is 7.05 Å².